The lowest BCUT2D eigenvalue weighted by Crippen LogP contribution is -2.24. The van der Waals surface area contributed by atoms with Crippen molar-refractivity contribution in [3.63, 3.8) is 0 Å². The topological polar surface area (TPSA) is 61.7 Å². The molecule has 2 aromatic rings. The van der Waals surface area contributed by atoms with Crippen molar-refractivity contribution in [1.29, 1.82) is 0 Å². The fraction of sp³-hybridized carbons (Fsp3) is 0.200. The summed E-state index contributed by atoms with van der Waals surface area (Å²) in [6.45, 7) is 1.88. The first-order valence-electron chi connectivity index (χ1n) is 7.14. The first kappa shape index (κ1) is 15.7. The van der Waals surface area contributed by atoms with E-state index in [0.29, 0.717) is 15.2 Å². The minimum Gasteiger partial charge on any atom is -0.337 e. The maximum Gasteiger partial charge on any atom is 0.269 e. The maximum atomic E-state index is 12.7. The van der Waals surface area contributed by atoms with Gasteiger partial charge in [-0.2, -0.15) is 4.99 Å². The molecule has 4 rings (SSSR count). The minimum atomic E-state index is -0.0397. The zero-order chi connectivity index (χ0) is 16.8. The predicted octanol–water partition coefficient (Wildman–Crippen LogP) is 3.45. The Hall–Kier alpha value is -1.84. The molecule has 0 unspecified atom stereocenters. The van der Waals surface area contributed by atoms with E-state index in [1.807, 2.05) is 26.1 Å². The standard InChI is InChI=1S/C15H13N5OS3/c1-8-17-18-14(22-8)16-15-20(3)12(21)11(24-15)13-19(2)9-6-4-5-7-10(9)23-13/h4-7H,1-3H3/b13-11-,16-15-. The summed E-state index contributed by atoms with van der Waals surface area (Å²) in [4.78, 5) is 22.6. The first-order chi connectivity index (χ1) is 11.5. The Bertz CT molecular complexity index is 904. The molecule has 1 aromatic carbocycles. The summed E-state index contributed by atoms with van der Waals surface area (Å²) >= 11 is 4.41. The molecule has 2 aliphatic heterocycles. The number of amidine groups is 1. The second kappa shape index (κ2) is 5.91. The molecular weight excluding hydrogens is 362 g/mol. The van der Waals surface area contributed by atoms with Crippen LogP contribution >= 0.6 is 34.9 Å². The van der Waals surface area contributed by atoms with E-state index in [1.165, 1.54) is 23.1 Å². The maximum absolute atomic E-state index is 12.7. The quantitative estimate of drug-likeness (QED) is 0.712. The normalized spacial score (nSPS) is 22.0. The van der Waals surface area contributed by atoms with Gasteiger partial charge in [0.05, 0.1) is 10.7 Å². The molecule has 24 heavy (non-hydrogen) atoms. The summed E-state index contributed by atoms with van der Waals surface area (Å²) in [6, 6.07) is 8.14. The highest BCUT2D eigenvalue weighted by molar-refractivity contribution is 8.19. The SMILES string of the molecule is Cc1nnc(/N=C2\S/C(=C3\Sc4ccccc4N3C)C(=O)N2C)s1. The molecule has 0 saturated carbocycles. The summed E-state index contributed by atoms with van der Waals surface area (Å²) in [5, 5.41) is 11.0. The third-order valence-corrected chi connectivity index (χ3v) is 6.84. The van der Waals surface area contributed by atoms with Gasteiger partial charge in [0.25, 0.3) is 5.91 Å². The van der Waals surface area contributed by atoms with Crippen molar-refractivity contribution in [3.05, 3.63) is 39.2 Å². The highest BCUT2D eigenvalue weighted by atomic mass is 32.2. The van der Waals surface area contributed by atoms with E-state index in [0.717, 1.165) is 20.6 Å². The number of aliphatic imine (C=N–C) groups is 1. The van der Waals surface area contributed by atoms with Gasteiger partial charge in [-0.1, -0.05) is 35.2 Å². The van der Waals surface area contributed by atoms with Gasteiger partial charge in [-0.05, 0) is 30.8 Å². The molecule has 9 heteroatoms. The van der Waals surface area contributed by atoms with Crippen LogP contribution in [-0.4, -0.2) is 40.3 Å². The molecule has 2 aliphatic rings. The van der Waals surface area contributed by atoms with Crippen molar-refractivity contribution < 1.29 is 4.79 Å². The van der Waals surface area contributed by atoms with Crippen molar-refractivity contribution in [2.24, 2.45) is 4.99 Å². The number of carbonyl (C=O) groups excluding carboxylic acids is 1. The third-order valence-electron chi connectivity index (χ3n) is 3.62. The van der Waals surface area contributed by atoms with Crippen LogP contribution in [0.5, 0.6) is 0 Å². The minimum absolute atomic E-state index is 0.0397. The van der Waals surface area contributed by atoms with E-state index in [1.54, 1.807) is 23.7 Å². The van der Waals surface area contributed by atoms with E-state index < -0.39 is 0 Å². The number of thioether (sulfide) groups is 2. The van der Waals surface area contributed by atoms with Crippen molar-refractivity contribution in [2.75, 3.05) is 19.0 Å². The van der Waals surface area contributed by atoms with Gasteiger partial charge in [-0.25, -0.2) is 0 Å². The van der Waals surface area contributed by atoms with Gasteiger partial charge in [0, 0.05) is 19.0 Å². The lowest BCUT2D eigenvalue weighted by atomic mass is 10.3. The lowest BCUT2D eigenvalue weighted by Gasteiger charge is -2.14. The fourth-order valence-corrected chi connectivity index (χ4v) is 5.32. The lowest BCUT2D eigenvalue weighted by molar-refractivity contribution is -0.121. The number of aromatic nitrogens is 2. The van der Waals surface area contributed by atoms with Crippen LogP contribution in [0.1, 0.15) is 5.01 Å². The van der Waals surface area contributed by atoms with Crippen LogP contribution in [0.4, 0.5) is 10.8 Å². The monoisotopic (exact) mass is 375 g/mol. The molecule has 0 radical (unpaired) electrons. The van der Waals surface area contributed by atoms with E-state index in [2.05, 4.69) is 32.2 Å². The summed E-state index contributed by atoms with van der Waals surface area (Å²) in [5.41, 5.74) is 1.12. The predicted molar refractivity (Wildman–Crippen MR) is 99.8 cm³/mol. The van der Waals surface area contributed by atoms with E-state index >= 15 is 0 Å². The average molecular weight is 376 g/mol. The molecule has 1 fully saturated rings. The van der Waals surface area contributed by atoms with Gasteiger partial charge >= 0.3 is 0 Å². The highest BCUT2D eigenvalue weighted by Gasteiger charge is 2.37. The number of aryl methyl sites for hydroxylation is 1. The number of para-hydroxylation sites is 1. The van der Waals surface area contributed by atoms with E-state index in [-0.39, 0.29) is 5.91 Å². The molecule has 1 aromatic heterocycles. The van der Waals surface area contributed by atoms with Crippen LogP contribution in [0.15, 0.2) is 44.1 Å². The summed E-state index contributed by atoms with van der Waals surface area (Å²) in [6.07, 6.45) is 0. The van der Waals surface area contributed by atoms with Crippen LogP contribution in [-0.2, 0) is 4.79 Å². The zero-order valence-corrected chi connectivity index (χ0v) is 15.6. The number of nitrogens with zero attached hydrogens (tertiary/aromatic N) is 5. The number of likely N-dealkylation sites (N-methyl/N-ethyl adjacent to an activating group) is 1. The average Bonchev–Trinajstić information content (AvgIpc) is 3.21. The van der Waals surface area contributed by atoms with Gasteiger partial charge in [0.1, 0.15) is 9.91 Å². The second-order valence-electron chi connectivity index (χ2n) is 5.23. The van der Waals surface area contributed by atoms with Crippen molar-refractivity contribution in [2.45, 2.75) is 11.8 Å². The van der Waals surface area contributed by atoms with Gasteiger partial charge < -0.3 is 4.90 Å². The second-order valence-corrected chi connectivity index (χ2v) is 8.40. The Balaban J connectivity index is 1.71. The van der Waals surface area contributed by atoms with E-state index in [9.17, 15) is 4.79 Å². The van der Waals surface area contributed by atoms with Gasteiger partial charge in [0.2, 0.25) is 5.13 Å². The van der Waals surface area contributed by atoms with Crippen molar-refractivity contribution in [1.82, 2.24) is 15.1 Å². The molecule has 6 nitrogen and oxygen atoms in total. The number of fused-ring (bicyclic) bond motifs is 1. The van der Waals surface area contributed by atoms with Crippen LogP contribution in [0.2, 0.25) is 0 Å². The Morgan fingerprint density at radius 1 is 1.08 bits per heavy atom. The van der Waals surface area contributed by atoms with E-state index in [4.69, 9.17) is 0 Å². The number of anilines is 1. The largest absolute Gasteiger partial charge is 0.337 e. The molecular formula is C15H13N5OS3. The molecule has 0 N–H and O–H groups in total. The van der Waals surface area contributed by atoms with Gasteiger partial charge in [0.15, 0.2) is 5.17 Å². The summed E-state index contributed by atoms with van der Waals surface area (Å²) in [5.74, 6) is -0.0397. The molecule has 0 aliphatic carbocycles. The Kier molecular flexibility index (Phi) is 3.86. The van der Waals surface area contributed by atoms with Crippen molar-refractivity contribution in [3.8, 4) is 0 Å². The van der Waals surface area contributed by atoms with Gasteiger partial charge in [-0.3, -0.25) is 9.69 Å². The van der Waals surface area contributed by atoms with Crippen LogP contribution < -0.4 is 4.90 Å². The fourth-order valence-electron chi connectivity index (χ4n) is 2.39. The molecule has 1 amide bonds. The number of hydrogen-bond acceptors (Lipinski definition) is 8. The summed E-state index contributed by atoms with van der Waals surface area (Å²) in [7, 11) is 3.72. The Morgan fingerprint density at radius 3 is 2.58 bits per heavy atom. The molecule has 0 bridgehead atoms. The Labute approximate surface area is 151 Å². The van der Waals surface area contributed by atoms with Crippen LogP contribution in [0.25, 0.3) is 0 Å². The number of benzene rings is 1. The molecule has 0 spiro atoms. The third kappa shape index (κ3) is 2.52. The number of hydrogen-bond donors (Lipinski definition) is 0. The van der Waals surface area contributed by atoms with Gasteiger partial charge in [-0.15, -0.1) is 10.2 Å². The first-order valence-corrected chi connectivity index (χ1v) is 9.59. The van der Waals surface area contributed by atoms with Crippen LogP contribution in [0.3, 0.4) is 0 Å². The smallest absolute Gasteiger partial charge is 0.269 e. The zero-order valence-electron chi connectivity index (χ0n) is 13.2. The number of rotatable bonds is 1. The number of carbonyl (C=O) groups is 1. The Morgan fingerprint density at radius 2 is 1.88 bits per heavy atom. The molecule has 122 valence electrons. The molecule has 1 saturated heterocycles. The summed E-state index contributed by atoms with van der Waals surface area (Å²) < 4.78 is 0. The number of amides is 1. The molecule has 0 atom stereocenters. The highest BCUT2D eigenvalue weighted by Crippen LogP contribution is 2.49. The van der Waals surface area contributed by atoms with Crippen LogP contribution in [0, 0.1) is 6.92 Å². The van der Waals surface area contributed by atoms with Crippen molar-refractivity contribution >= 4 is 56.8 Å². The molecule has 3 heterocycles.